The molecule has 2 heteroatoms. The number of rotatable bonds is 2. The van der Waals surface area contributed by atoms with Crippen LogP contribution >= 0.6 is 0 Å². The molecular weight excluding hydrogens is 472 g/mol. The Morgan fingerprint density at radius 2 is 1.05 bits per heavy atom. The minimum absolute atomic E-state index is 0.172. The zero-order chi connectivity index (χ0) is 26.1. The van der Waals surface area contributed by atoms with Crippen molar-refractivity contribution in [1.29, 1.82) is 0 Å². The monoisotopic (exact) mass is 498 g/mol. The van der Waals surface area contributed by atoms with Gasteiger partial charge in [-0.1, -0.05) is 105 Å². The number of hydrogen-bond donors (Lipinski definition) is 0. The van der Waals surface area contributed by atoms with E-state index >= 15 is 0 Å². The molecule has 0 radical (unpaired) electrons. The van der Waals surface area contributed by atoms with Crippen LogP contribution in [0.15, 0.2) is 122 Å². The molecular formula is C37H26N2. The average Bonchev–Trinajstić information content (AvgIpc) is 3.22. The summed E-state index contributed by atoms with van der Waals surface area (Å²) in [6.45, 7) is 4.62. The summed E-state index contributed by atoms with van der Waals surface area (Å²) in [5.41, 5.74) is 10.6. The lowest BCUT2D eigenvalue weighted by Crippen LogP contribution is -2.15. The summed E-state index contributed by atoms with van der Waals surface area (Å²) >= 11 is 0. The Morgan fingerprint density at radius 1 is 0.487 bits per heavy atom. The highest BCUT2D eigenvalue weighted by Crippen LogP contribution is 2.53. The summed E-state index contributed by atoms with van der Waals surface area (Å²) in [6, 6.07) is 39.5. The van der Waals surface area contributed by atoms with Gasteiger partial charge < -0.3 is 0 Å². The van der Waals surface area contributed by atoms with Crippen molar-refractivity contribution in [2.75, 3.05) is 0 Å². The fraction of sp³-hybridized carbons (Fsp3) is 0.0811. The molecule has 0 atom stereocenters. The minimum Gasteiger partial charge on any atom is -0.256 e. The third-order valence-corrected chi connectivity index (χ3v) is 8.55. The van der Waals surface area contributed by atoms with Crippen LogP contribution in [0.4, 0.5) is 0 Å². The van der Waals surface area contributed by atoms with Crippen molar-refractivity contribution < 1.29 is 0 Å². The Labute approximate surface area is 227 Å². The zero-order valence-corrected chi connectivity index (χ0v) is 21.9. The van der Waals surface area contributed by atoms with Gasteiger partial charge in [0.05, 0.1) is 11.2 Å². The Kier molecular flexibility index (Phi) is 4.60. The molecule has 0 unspecified atom stereocenters. The van der Waals surface area contributed by atoms with Crippen LogP contribution in [0.25, 0.3) is 66.0 Å². The Bertz CT molecular complexity index is 2030. The van der Waals surface area contributed by atoms with Crippen molar-refractivity contribution >= 4 is 32.4 Å². The fourth-order valence-corrected chi connectivity index (χ4v) is 6.77. The second kappa shape index (κ2) is 8.09. The lowest BCUT2D eigenvalue weighted by Gasteiger charge is -2.23. The third-order valence-electron chi connectivity index (χ3n) is 8.55. The summed E-state index contributed by atoms with van der Waals surface area (Å²) in [5, 5.41) is 6.20. The van der Waals surface area contributed by atoms with E-state index in [-0.39, 0.29) is 5.41 Å². The second-order valence-corrected chi connectivity index (χ2v) is 11.0. The van der Waals surface area contributed by atoms with E-state index < -0.39 is 0 Å². The van der Waals surface area contributed by atoms with Gasteiger partial charge in [-0.3, -0.25) is 9.97 Å². The van der Waals surface area contributed by atoms with Gasteiger partial charge in [0, 0.05) is 28.8 Å². The zero-order valence-electron chi connectivity index (χ0n) is 21.9. The number of pyridine rings is 2. The largest absolute Gasteiger partial charge is 0.256 e. The topological polar surface area (TPSA) is 25.8 Å². The predicted molar refractivity (Wildman–Crippen MR) is 163 cm³/mol. The molecule has 0 saturated heterocycles. The molecule has 5 aromatic carbocycles. The van der Waals surface area contributed by atoms with Crippen LogP contribution in [0.1, 0.15) is 25.0 Å². The maximum absolute atomic E-state index is 4.99. The van der Waals surface area contributed by atoms with Gasteiger partial charge in [0.1, 0.15) is 0 Å². The maximum Gasteiger partial charge on any atom is 0.0805 e. The Balaban J connectivity index is 1.57. The summed E-state index contributed by atoms with van der Waals surface area (Å²) in [5.74, 6) is 0. The van der Waals surface area contributed by atoms with Crippen LogP contribution in [0.5, 0.6) is 0 Å². The Hall–Kier alpha value is -4.82. The van der Waals surface area contributed by atoms with Crippen molar-refractivity contribution in [3.05, 3.63) is 133 Å². The number of benzene rings is 5. The second-order valence-electron chi connectivity index (χ2n) is 11.0. The molecule has 1 aliphatic rings. The standard InChI is InChI=1S/C37H26N2/c1-37(2)30-19-11-21-39-36(30)34-31(37)22-29(28-18-10-20-38-35(28)34)33-26-16-8-6-14-24(26)32(23-12-4-3-5-13-23)25-15-7-9-17-27(25)33/h3-22H,1-2H3. The number of aromatic nitrogens is 2. The van der Waals surface area contributed by atoms with Gasteiger partial charge in [0.2, 0.25) is 0 Å². The highest BCUT2D eigenvalue weighted by Gasteiger charge is 2.38. The Morgan fingerprint density at radius 3 is 1.74 bits per heavy atom. The molecule has 0 N–H and O–H groups in total. The van der Waals surface area contributed by atoms with Gasteiger partial charge in [0.15, 0.2) is 0 Å². The molecule has 0 amide bonds. The fourth-order valence-electron chi connectivity index (χ4n) is 6.77. The smallest absolute Gasteiger partial charge is 0.0805 e. The average molecular weight is 499 g/mol. The molecule has 2 heterocycles. The molecule has 0 saturated carbocycles. The van der Waals surface area contributed by atoms with Gasteiger partial charge in [-0.2, -0.15) is 0 Å². The van der Waals surface area contributed by atoms with E-state index in [0.717, 1.165) is 16.6 Å². The molecule has 7 aromatic rings. The van der Waals surface area contributed by atoms with E-state index in [1.165, 1.54) is 60.5 Å². The molecule has 2 nitrogen and oxygen atoms in total. The van der Waals surface area contributed by atoms with E-state index in [0.29, 0.717) is 0 Å². The highest BCUT2D eigenvalue weighted by atomic mass is 14.7. The quantitative estimate of drug-likeness (QED) is 0.222. The van der Waals surface area contributed by atoms with Crippen LogP contribution in [-0.4, -0.2) is 9.97 Å². The molecule has 0 fully saturated rings. The van der Waals surface area contributed by atoms with Crippen molar-refractivity contribution in [1.82, 2.24) is 9.97 Å². The summed E-state index contributed by atoms with van der Waals surface area (Å²) in [4.78, 5) is 9.84. The SMILES string of the molecule is CC1(C)c2cccnc2-c2c1cc(-c1c3ccccc3c(-c3ccccc3)c3ccccc13)c1cccnc21. The van der Waals surface area contributed by atoms with Crippen LogP contribution < -0.4 is 0 Å². The van der Waals surface area contributed by atoms with E-state index in [9.17, 15) is 0 Å². The lowest BCUT2D eigenvalue weighted by molar-refractivity contribution is 0.659. The van der Waals surface area contributed by atoms with Crippen LogP contribution in [0, 0.1) is 0 Å². The normalized spacial score (nSPS) is 13.6. The maximum atomic E-state index is 4.99. The predicted octanol–water partition coefficient (Wildman–Crippen LogP) is 9.58. The first kappa shape index (κ1) is 22.2. The molecule has 0 spiro atoms. The highest BCUT2D eigenvalue weighted by molar-refractivity contribution is 6.24. The number of nitrogens with zero attached hydrogens (tertiary/aromatic N) is 2. The van der Waals surface area contributed by atoms with Gasteiger partial charge >= 0.3 is 0 Å². The summed E-state index contributed by atoms with van der Waals surface area (Å²) in [7, 11) is 0. The van der Waals surface area contributed by atoms with Gasteiger partial charge in [-0.25, -0.2) is 0 Å². The van der Waals surface area contributed by atoms with Gasteiger partial charge in [-0.05, 0) is 73.1 Å². The molecule has 0 bridgehead atoms. The van der Waals surface area contributed by atoms with Crippen LogP contribution in [-0.2, 0) is 5.41 Å². The molecule has 39 heavy (non-hydrogen) atoms. The third kappa shape index (κ3) is 3.03. The van der Waals surface area contributed by atoms with Crippen LogP contribution in [0.2, 0.25) is 0 Å². The van der Waals surface area contributed by atoms with Crippen LogP contribution in [0.3, 0.4) is 0 Å². The summed E-state index contributed by atoms with van der Waals surface area (Å²) in [6.07, 6.45) is 3.81. The lowest BCUT2D eigenvalue weighted by atomic mass is 9.79. The summed E-state index contributed by atoms with van der Waals surface area (Å²) < 4.78 is 0. The molecule has 1 aliphatic carbocycles. The van der Waals surface area contributed by atoms with E-state index in [1.807, 2.05) is 18.5 Å². The van der Waals surface area contributed by atoms with Crippen molar-refractivity contribution in [2.45, 2.75) is 19.3 Å². The molecule has 2 aromatic heterocycles. The van der Waals surface area contributed by atoms with E-state index in [2.05, 4.69) is 117 Å². The first-order valence-corrected chi connectivity index (χ1v) is 13.5. The number of fused-ring (bicyclic) bond motifs is 7. The van der Waals surface area contributed by atoms with Crippen molar-refractivity contribution in [3.63, 3.8) is 0 Å². The molecule has 0 aliphatic heterocycles. The molecule has 8 rings (SSSR count). The molecule has 184 valence electrons. The first-order chi connectivity index (χ1) is 19.1. The van der Waals surface area contributed by atoms with E-state index in [4.69, 9.17) is 9.97 Å². The minimum atomic E-state index is -0.172. The first-order valence-electron chi connectivity index (χ1n) is 13.5. The number of hydrogen-bond acceptors (Lipinski definition) is 2. The van der Waals surface area contributed by atoms with Gasteiger partial charge in [0.25, 0.3) is 0 Å². The van der Waals surface area contributed by atoms with Crippen molar-refractivity contribution in [3.8, 4) is 33.5 Å². The van der Waals surface area contributed by atoms with E-state index in [1.54, 1.807) is 0 Å². The van der Waals surface area contributed by atoms with Gasteiger partial charge in [-0.15, -0.1) is 0 Å². The van der Waals surface area contributed by atoms with Crippen molar-refractivity contribution in [2.24, 2.45) is 0 Å².